The van der Waals surface area contributed by atoms with E-state index in [1.54, 1.807) is 0 Å². The summed E-state index contributed by atoms with van der Waals surface area (Å²) in [6.45, 7) is 6.44. The molecule has 0 bridgehead atoms. The number of aliphatic hydroxyl groups is 1. The maximum absolute atomic E-state index is 9.14. The van der Waals surface area contributed by atoms with E-state index in [4.69, 9.17) is 14.6 Å². The molecule has 3 aliphatic rings. The number of aliphatic hydroxyl groups excluding tert-OH is 1. The summed E-state index contributed by atoms with van der Waals surface area (Å²) in [6.07, 6.45) is 3.06. The van der Waals surface area contributed by atoms with E-state index in [9.17, 15) is 0 Å². The number of hydrogen-bond acceptors (Lipinski definition) is 6. The molecule has 2 fully saturated rings. The molecule has 25 heavy (non-hydrogen) atoms. The van der Waals surface area contributed by atoms with E-state index >= 15 is 0 Å². The Morgan fingerprint density at radius 3 is 2.60 bits per heavy atom. The van der Waals surface area contributed by atoms with Gasteiger partial charge in [-0.25, -0.2) is 0 Å². The fourth-order valence-electron chi connectivity index (χ4n) is 4.33. The molecule has 0 saturated carbocycles. The Balaban J connectivity index is 1.53. The van der Waals surface area contributed by atoms with Gasteiger partial charge in [-0.2, -0.15) is 0 Å². The predicted octanol–water partition coefficient (Wildman–Crippen LogP) is 1.33. The fourth-order valence-corrected chi connectivity index (χ4v) is 4.33. The van der Waals surface area contributed by atoms with Crippen molar-refractivity contribution in [2.45, 2.75) is 24.9 Å². The lowest BCUT2D eigenvalue weighted by atomic mass is 9.87. The Bertz CT molecular complexity index is 608. The van der Waals surface area contributed by atoms with Crippen LogP contribution in [0.4, 0.5) is 11.4 Å². The van der Waals surface area contributed by atoms with Gasteiger partial charge in [-0.1, -0.05) is 0 Å². The number of piperidine rings is 1. The molecule has 3 aliphatic heterocycles. The summed E-state index contributed by atoms with van der Waals surface area (Å²) in [5.41, 5.74) is 3.67. The number of β-amino-alcohol motifs (C(OH)–C–C–N with tert-alkyl or cyclic N) is 1. The Kier molecular flexibility index (Phi) is 4.75. The van der Waals surface area contributed by atoms with Crippen molar-refractivity contribution in [2.24, 2.45) is 0 Å². The maximum Gasteiger partial charge on any atom is 0.125 e. The SMILES string of the molecule is CNc1cc2c(cc1N1CCOCC1)OC1(CCN(CCO)CC1)C2. The quantitative estimate of drug-likeness (QED) is 0.857. The first-order valence-electron chi connectivity index (χ1n) is 9.43. The topological polar surface area (TPSA) is 57.2 Å². The molecule has 6 heteroatoms. The van der Waals surface area contributed by atoms with Crippen LogP contribution in [0.1, 0.15) is 18.4 Å². The molecule has 1 aromatic rings. The molecule has 0 amide bonds. The van der Waals surface area contributed by atoms with Crippen molar-refractivity contribution in [1.82, 2.24) is 4.90 Å². The van der Waals surface area contributed by atoms with Crippen LogP contribution in [0, 0.1) is 0 Å². The summed E-state index contributed by atoms with van der Waals surface area (Å²) in [7, 11) is 1.99. The normalized spacial score (nSPS) is 22.7. The molecule has 1 aromatic carbocycles. The van der Waals surface area contributed by atoms with Crippen LogP contribution in [0.25, 0.3) is 0 Å². The molecular weight excluding hydrogens is 318 g/mol. The second kappa shape index (κ2) is 7.02. The maximum atomic E-state index is 9.14. The first kappa shape index (κ1) is 16.9. The molecule has 0 radical (unpaired) electrons. The lowest BCUT2D eigenvalue weighted by Crippen LogP contribution is -2.47. The number of morpholine rings is 1. The molecule has 0 unspecified atom stereocenters. The number of benzene rings is 1. The van der Waals surface area contributed by atoms with Crippen molar-refractivity contribution in [3.05, 3.63) is 17.7 Å². The van der Waals surface area contributed by atoms with Gasteiger partial charge >= 0.3 is 0 Å². The minimum Gasteiger partial charge on any atom is -0.486 e. The van der Waals surface area contributed by atoms with E-state index in [0.717, 1.165) is 70.9 Å². The summed E-state index contributed by atoms with van der Waals surface area (Å²) < 4.78 is 12.0. The third-order valence-corrected chi connectivity index (χ3v) is 5.82. The molecule has 2 saturated heterocycles. The molecule has 0 aliphatic carbocycles. The average molecular weight is 347 g/mol. The largest absolute Gasteiger partial charge is 0.486 e. The van der Waals surface area contributed by atoms with Gasteiger partial charge in [-0.05, 0) is 6.07 Å². The molecule has 3 heterocycles. The lowest BCUT2D eigenvalue weighted by Gasteiger charge is -2.38. The summed E-state index contributed by atoms with van der Waals surface area (Å²) in [5.74, 6) is 1.05. The number of fused-ring (bicyclic) bond motifs is 1. The van der Waals surface area contributed by atoms with Gasteiger partial charge in [0.1, 0.15) is 11.4 Å². The van der Waals surface area contributed by atoms with Crippen molar-refractivity contribution in [2.75, 3.05) is 69.8 Å². The van der Waals surface area contributed by atoms with Gasteiger partial charge in [-0.3, -0.25) is 0 Å². The molecule has 2 N–H and O–H groups in total. The molecule has 138 valence electrons. The first-order chi connectivity index (χ1) is 12.2. The van der Waals surface area contributed by atoms with Crippen LogP contribution in [0.3, 0.4) is 0 Å². The van der Waals surface area contributed by atoms with Crippen LogP contribution in [-0.4, -0.2) is 75.2 Å². The van der Waals surface area contributed by atoms with Gasteiger partial charge in [0.15, 0.2) is 0 Å². The first-order valence-corrected chi connectivity index (χ1v) is 9.43. The lowest BCUT2D eigenvalue weighted by molar-refractivity contribution is 0.0151. The molecule has 0 atom stereocenters. The summed E-state index contributed by atoms with van der Waals surface area (Å²) in [5, 5.41) is 12.5. The van der Waals surface area contributed by atoms with Crippen LogP contribution in [-0.2, 0) is 11.2 Å². The molecule has 0 aromatic heterocycles. The van der Waals surface area contributed by atoms with Crippen LogP contribution in [0.5, 0.6) is 5.75 Å². The zero-order valence-corrected chi connectivity index (χ0v) is 15.1. The standard InChI is InChI=1S/C19H29N3O3/c1-20-16-12-15-14-19(2-4-21(5-3-19)6-9-23)25-18(15)13-17(16)22-7-10-24-11-8-22/h12-13,20,23H,2-11,14H2,1H3. The van der Waals surface area contributed by atoms with Crippen molar-refractivity contribution in [3.8, 4) is 5.75 Å². The second-order valence-electron chi connectivity index (χ2n) is 7.35. The minimum absolute atomic E-state index is 0.0526. The van der Waals surface area contributed by atoms with Crippen molar-refractivity contribution in [1.29, 1.82) is 0 Å². The highest BCUT2D eigenvalue weighted by Crippen LogP contribution is 2.45. The molecular formula is C19H29N3O3. The van der Waals surface area contributed by atoms with E-state index in [0.29, 0.717) is 0 Å². The average Bonchev–Trinajstić information content (AvgIpc) is 3.00. The number of nitrogens with one attached hydrogen (secondary N) is 1. The molecule has 4 rings (SSSR count). The Hall–Kier alpha value is -1.50. The van der Waals surface area contributed by atoms with E-state index in [2.05, 4.69) is 27.2 Å². The van der Waals surface area contributed by atoms with E-state index in [-0.39, 0.29) is 12.2 Å². The summed E-state index contributed by atoms with van der Waals surface area (Å²) in [4.78, 5) is 4.71. The Morgan fingerprint density at radius 2 is 1.92 bits per heavy atom. The third-order valence-electron chi connectivity index (χ3n) is 5.82. The van der Waals surface area contributed by atoms with Gasteiger partial charge in [-0.15, -0.1) is 0 Å². The van der Waals surface area contributed by atoms with Gasteiger partial charge in [0.25, 0.3) is 0 Å². The Morgan fingerprint density at radius 1 is 1.16 bits per heavy atom. The molecule has 1 spiro atoms. The van der Waals surface area contributed by atoms with Gasteiger partial charge in [0.2, 0.25) is 0 Å². The van der Waals surface area contributed by atoms with Gasteiger partial charge < -0.3 is 29.7 Å². The highest BCUT2D eigenvalue weighted by molar-refractivity contribution is 5.74. The monoisotopic (exact) mass is 347 g/mol. The summed E-state index contributed by atoms with van der Waals surface area (Å²) in [6, 6.07) is 4.50. The fraction of sp³-hybridized carbons (Fsp3) is 0.684. The summed E-state index contributed by atoms with van der Waals surface area (Å²) >= 11 is 0. The number of rotatable bonds is 4. The van der Waals surface area contributed by atoms with Crippen molar-refractivity contribution < 1.29 is 14.6 Å². The molecule has 6 nitrogen and oxygen atoms in total. The van der Waals surface area contributed by atoms with E-state index < -0.39 is 0 Å². The number of hydrogen-bond donors (Lipinski definition) is 2. The second-order valence-corrected chi connectivity index (χ2v) is 7.35. The van der Waals surface area contributed by atoms with Crippen LogP contribution < -0.4 is 15.0 Å². The van der Waals surface area contributed by atoms with Crippen LogP contribution in [0.15, 0.2) is 12.1 Å². The zero-order chi connectivity index (χ0) is 17.3. The van der Waals surface area contributed by atoms with Gasteiger partial charge in [0, 0.05) is 70.7 Å². The number of likely N-dealkylation sites (tertiary alicyclic amines) is 1. The van der Waals surface area contributed by atoms with Crippen LogP contribution >= 0.6 is 0 Å². The van der Waals surface area contributed by atoms with Gasteiger partial charge in [0.05, 0.1) is 31.2 Å². The van der Waals surface area contributed by atoms with E-state index in [1.807, 2.05) is 7.05 Å². The zero-order valence-electron chi connectivity index (χ0n) is 15.1. The van der Waals surface area contributed by atoms with Crippen molar-refractivity contribution in [3.63, 3.8) is 0 Å². The van der Waals surface area contributed by atoms with E-state index in [1.165, 1.54) is 16.9 Å². The third kappa shape index (κ3) is 3.30. The van der Waals surface area contributed by atoms with Crippen LogP contribution in [0.2, 0.25) is 0 Å². The predicted molar refractivity (Wildman–Crippen MR) is 98.8 cm³/mol. The minimum atomic E-state index is -0.0526. The number of nitrogens with zero attached hydrogens (tertiary/aromatic N) is 2. The highest BCUT2D eigenvalue weighted by atomic mass is 16.5. The Labute approximate surface area is 149 Å². The smallest absolute Gasteiger partial charge is 0.125 e. The number of ether oxygens (including phenoxy) is 2. The highest BCUT2D eigenvalue weighted by Gasteiger charge is 2.42. The number of anilines is 2. The van der Waals surface area contributed by atoms with Crippen molar-refractivity contribution >= 4 is 11.4 Å².